The molecule has 1 fully saturated rings. The maximum absolute atomic E-state index is 13.1. The number of methoxy groups -OCH3 is 1. The molecule has 0 aromatic carbocycles. The van der Waals surface area contributed by atoms with Crippen LogP contribution in [0.5, 0.6) is 0 Å². The highest BCUT2D eigenvalue weighted by atomic mass is 16.5. The molecular weight excluding hydrogens is 308 g/mol. The molecule has 1 aromatic rings. The number of esters is 1. The van der Waals surface area contributed by atoms with Gasteiger partial charge in [0, 0.05) is 30.8 Å². The number of carbonyl (C=O) groups is 3. The van der Waals surface area contributed by atoms with Gasteiger partial charge in [0.1, 0.15) is 5.69 Å². The molecule has 132 valence electrons. The van der Waals surface area contributed by atoms with Crippen molar-refractivity contribution in [3.05, 3.63) is 22.5 Å². The lowest BCUT2D eigenvalue weighted by Gasteiger charge is -2.28. The summed E-state index contributed by atoms with van der Waals surface area (Å²) in [6.07, 6.45) is 2.28. The zero-order chi connectivity index (χ0) is 18.2. The van der Waals surface area contributed by atoms with E-state index in [0.29, 0.717) is 28.9 Å². The SMILES string of the molecule is CCC(=O)N(C1CC1)[C@H](C)C(=O)c1c(C)c(C(=O)OC)n(C)c1C. The van der Waals surface area contributed by atoms with Gasteiger partial charge in [-0.3, -0.25) is 9.59 Å². The van der Waals surface area contributed by atoms with Gasteiger partial charge < -0.3 is 14.2 Å². The quantitative estimate of drug-likeness (QED) is 0.592. The molecule has 6 nitrogen and oxygen atoms in total. The van der Waals surface area contributed by atoms with Crippen LogP contribution >= 0.6 is 0 Å². The molecule has 2 rings (SSSR count). The van der Waals surface area contributed by atoms with Crippen molar-refractivity contribution in [1.29, 1.82) is 0 Å². The minimum atomic E-state index is -0.532. The predicted molar refractivity (Wildman–Crippen MR) is 90.2 cm³/mol. The van der Waals surface area contributed by atoms with Crippen LogP contribution in [0.3, 0.4) is 0 Å². The number of ether oxygens (including phenoxy) is 1. The van der Waals surface area contributed by atoms with Gasteiger partial charge in [0.15, 0.2) is 5.78 Å². The second kappa shape index (κ2) is 6.79. The van der Waals surface area contributed by atoms with Crippen LogP contribution in [0.4, 0.5) is 0 Å². The molecule has 0 N–H and O–H groups in total. The van der Waals surface area contributed by atoms with Gasteiger partial charge in [0.25, 0.3) is 0 Å². The summed E-state index contributed by atoms with van der Waals surface area (Å²) in [7, 11) is 3.06. The van der Waals surface area contributed by atoms with Crippen LogP contribution in [0.1, 0.15) is 65.2 Å². The molecule has 0 radical (unpaired) electrons. The van der Waals surface area contributed by atoms with Gasteiger partial charge in [-0.05, 0) is 39.2 Å². The minimum absolute atomic E-state index is 0.00206. The van der Waals surface area contributed by atoms with E-state index in [1.807, 2.05) is 13.8 Å². The second-order valence-corrected chi connectivity index (χ2v) is 6.41. The van der Waals surface area contributed by atoms with Crippen molar-refractivity contribution in [2.24, 2.45) is 7.05 Å². The Bertz CT molecular complexity index is 686. The van der Waals surface area contributed by atoms with E-state index in [9.17, 15) is 14.4 Å². The van der Waals surface area contributed by atoms with Crippen LogP contribution in [0.25, 0.3) is 0 Å². The highest BCUT2D eigenvalue weighted by Crippen LogP contribution is 2.32. The Morgan fingerprint density at radius 1 is 1.29 bits per heavy atom. The van der Waals surface area contributed by atoms with Crippen molar-refractivity contribution in [3.63, 3.8) is 0 Å². The van der Waals surface area contributed by atoms with E-state index in [4.69, 9.17) is 4.74 Å². The van der Waals surface area contributed by atoms with Crippen LogP contribution < -0.4 is 0 Å². The molecule has 1 heterocycles. The molecule has 1 atom stereocenters. The number of carbonyl (C=O) groups excluding carboxylic acids is 3. The average Bonchev–Trinajstić information content (AvgIpc) is 3.35. The van der Waals surface area contributed by atoms with Crippen molar-refractivity contribution in [2.45, 2.75) is 59.0 Å². The summed E-state index contributed by atoms with van der Waals surface area (Å²) < 4.78 is 6.51. The smallest absolute Gasteiger partial charge is 0.354 e. The summed E-state index contributed by atoms with van der Waals surface area (Å²) in [5.74, 6) is -0.587. The van der Waals surface area contributed by atoms with Gasteiger partial charge in [0.2, 0.25) is 5.91 Å². The molecular formula is C18H26N2O4. The zero-order valence-electron chi connectivity index (χ0n) is 15.3. The normalized spacial score (nSPS) is 15.1. The van der Waals surface area contributed by atoms with E-state index < -0.39 is 12.0 Å². The molecule has 0 saturated heterocycles. The number of Topliss-reactive ketones (excluding diaryl/α,β-unsaturated/α-hetero) is 1. The Labute approximate surface area is 142 Å². The lowest BCUT2D eigenvalue weighted by atomic mass is 9.99. The number of amides is 1. The second-order valence-electron chi connectivity index (χ2n) is 6.41. The fourth-order valence-corrected chi connectivity index (χ4v) is 3.33. The van der Waals surface area contributed by atoms with E-state index >= 15 is 0 Å². The van der Waals surface area contributed by atoms with Gasteiger partial charge in [0.05, 0.1) is 13.2 Å². The Morgan fingerprint density at radius 2 is 1.88 bits per heavy atom. The van der Waals surface area contributed by atoms with Crippen LogP contribution in [0.15, 0.2) is 0 Å². The fraction of sp³-hybridized carbons (Fsp3) is 0.611. The third kappa shape index (κ3) is 2.97. The molecule has 0 bridgehead atoms. The van der Waals surface area contributed by atoms with Crippen molar-refractivity contribution in [2.75, 3.05) is 7.11 Å². The summed E-state index contributed by atoms with van der Waals surface area (Å²) in [5, 5.41) is 0. The van der Waals surface area contributed by atoms with Gasteiger partial charge >= 0.3 is 5.97 Å². The Kier molecular flexibility index (Phi) is 5.16. The topological polar surface area (TPSA) is 68.6 Å². The molecule has 0 spiro atoms. The van der Waals surface area contributed by atoms with Crippen LogP contribution in [-0.4, -0.2) is 46.3 Å². The summed E-state index contributed by atoms with van der Waals surface area (Å²) in [6.45, 7) is 7.14. The molecule has 1 saturated carbocycles. The highest BCUT2D eigenvalue weighted by molar-refractivity contribution is 6.06. The maximum Gasteiger partial charge on any atom is 0.354 e. The van der Waals surface area contributed by atoms with Crippen molar-refractivity contribution >= 4 is 17.7 Å². The number of rotatable bonds is 6. The number of hydrogen-bond donors (Lipinski definition) is 0. The lowest BCUT2D eigenvalue weighted by molar-refractivity contribution is -0.132. The van der Waals surface area contributed by atoms with Gasteiger partial charge in [-0.25, -0.2) is 4.79 Å². The molecule has 6 heteroatoms. The summed E-state index contributed by atoms with van der Waals surface area (Å²) >= 11 is 0. The number of ketones is 1. The van der Waals surface area contributed by atoms with Crippen molar-refractivity contribution in [1.82, 2.24) is 9.47 Å². The molecule has 1 aliphatic rings. The minimum Gasteiger partial charge on any atom is -0.464 e. The zero-order valence-corrected chi connectivity index (χ0v) is 15.3. The predicted octanol–water partition coefficient (Wildman–Crippen LogP) is 2.40. The molecule has 0 unspecified atom stereocenters. The van der Waals surface area contributed by atoms with Crippen LogP contribution in [0, 0.1) is 13.8 Å². The number of nitrogens with zero attached hydrogens (tertiary/aromatic N) is 2. The Hall–Kier alpha value is -2.11. The first-order valence-electron chi connectivity index (χ1n) is 8.35. The first-order valence-corrected chi connectivity index (χ1v) is 8.35. The third-order valence-electron chi connectivity index (χ3n) is 4.88. The molecule has 1 amide bonds. The Balaban J connectivity index is 2.42. The van der Waals surface area contributed by atoms with Gasteiger partial charge in [-0.1, -0.05) is 6.92 Å². The van der Waals surface area contributed by atoms with Gasteiger partial charge in [-0.15, -0.1) is 0 Å². The molecule has 1 aromatic heterocycles. The number of aromatic nitrogens is 1. The van der Waals surface area contributed by atoms with E-state index in [1.165, 1.54) is 7.11 Å². The Morgan fingerprint density at radius 3 is 2.33 bits per heavy atom. The van der Waals surface area contributed by atoms with Crippen molar-refractivity contribution < 1.29 is 19.1 Å². The van der Waals surface area contributed by atoms with E-state index in [1.54, 1.807) is 30.4 Å². The maximum atomic E-state index is 13.1. The number of hydrogen-bond acceptors (Lipinski definition) is 4. The largest absolute Gasteiger partial charge is 0.464 e. The lowest BCUT2D eigenvalue weighted by Crippen LogP contribution is -2.44. The standard InChI is InChI=1S/C18H26N2O4/c1-7-14(21)20(13-8-9-13)12(4)17(22)15-10(2)16(18(23)24-6)19(5)11(15)3/h12-13H,7-9H2,1-6H3/t12-/m1/s1. The monoisotopic (exact) mass is 334 g/mol. The molecule has 24 heavy (non-hydrogen) atoms. The summed E-state index contributed by atoms with van der Waals surface area (Å²) in [6, 6.07) is -0.365. The van der Waals surface area contributed by atoms with E-state index in [-0.39, 0.29) is 17.7 Å². The summed E-state index contributed by atoms with van der Waals surface area (Å²) in [5.41, 5.74) is 2.22. The van der Waals surface area contributed by atoms with Crippen LogP contribution in [0.2, 0.25) is 0 Å². The van der Waals surface area contributed by atoms with E-state index in [2.05, 4.69) is 0 Å². The third-order valence-corrected chi connectivity index (χ3v) is 4.88. The summed E-state index contributed by atoms with van der Waals surface area (Å²) in [4.78, 5) is 39.1. The molecule has 1 aliphatic carbocycles. The van der Waals surface area contributed by atoms with E-state index in [0.717, 1.165) is 12.8 Å². The first kappa shape index (κ1) is 18.2. The molecule has 0 aliphatic heterocycles. The average molecular weight is 334 g/mol. The van der Waals surface area contributed by atoms with Crippen molar-refractivity contribution in [3.8, 4) is 0 Å². The highest BCUT2D eigenvalue weighted by Gasteiger charge is 2.39. The van der Waals surface area contributed by atoms with Crippen LogP contribution in [-0.2, 0) is 16.6 Å². The van der Waals surface area contributed by atoms with Gasteiger partial charge in [-0.2, -0.15) is 0 Å². The first-order chi connectivity index (χ1) is 11.3. The fourth-order valence-electron chi connectivity index (χ4n) is 3.33.